The summed E-state index contributed by atoms with van der Waals surface area (Å²) in [5.41, 5.74) is 1.47. The average Bonchev–Trinajstić information content (AvgIpc) is 2.50. The Balaban J connectivity index is 2.10. The van der Waals surface area contributed by atoms with Gasteiger partial charge in [0.2, 0.25) is 0 Å². The summed E-state index contributed by atoms with van der Waals surface area (Å²) in [6.07, 6.45) is 3.62. The maximum absolute atomic E-state index is 4.81. The van der Waals surface area contributed by atoms with Crippen LogP contribution in [0.5, 0.6) is 0 Å². The molecule has 0 saturated carbocycles. The second-order valence-corrected chi connectivity index (χ2v) is 4.35. The van der Waals surface area contributed by atoms with E-state index in [1.165, 1.54) is 0 Å². The van der Waals surface area contributed by atoms with Crippen LogP contribution >= 0.6 is 0 Å². The highest BCUT2D eigenvalue weighted by Gasteiger charge is 2.39. The van der Waals surface area contributed by atoms with E-state index in [4.69, 9.17) is 5.32 Å². The molecule has 0 spiro atoms. The molecular weight excluding hydrogens is 224 g/mol. The fourth-order valence-corrected chi connectivity index (χ4v) is 2.34. The number of aromatic nitrogens is 2. The predicted octanol–water partition coefficient (Wildman–Crippen LogP) is 0.928. The molecular formula is C14H15N4. The molecule has 4 nitrogen and oxygen atoms in total. The van der Waals surface area contributed by atoms with Crippen LogP contribution in [-0.4, -0.2) is 29.6 Å². The Labute approximate surface area is 106 Å². The summed E-state index contributed by atoms with van der Waals surface area (Å²) >= 11 is 0. The number of piperazine rings is 1. The van der Waals surface area contributed by atoms with Gasteiger partial charge in [-0.15, -0.1) is 0 Å². The number of nitrogens with one attached hydrogen (secondary N) is 1. The van der Waals surface area contributed by atoms with Gasteiger partial charge >= 0.3 is 0 Å². The highest BCUT2D eigenvalue weighted by molar-refractivity contribution is 5.31. The van der Waals surface area contributed by atoms with Gasteiger partial charge in [-0.25, -0.2) is 5.32 Å². The second kappa shape index (κ2) is 4.84. The van der Waals surface area contributed by atoms with Crippen LogP contribution < -0.4 is 10.6 Å². The van der Waals surface area contributed by atoms with E-state index < -0.39 is 5.54 Å². The van der Waals surface area contributed by atoms with E-state index in [-0.39, 0.29) is 0 Å². The smallest absolute Gasteiger partial charge is 0.132 e. The molecule has 1 saturated heterocycles. The van der Waals surface area contributed by atoms with Gasteiger partial charge < -0.3 is 5.32 Å². The molecule has 1 N–H and O–H groups in total. The lowest BCUT2D eigenvalue weighted by atomic mass is 9.88. The van der Waals surface area contributed by atoms with Gasteiger partial charge in [-0.3, -0.25) is 9.97 Å². The van der Waals surface area contributed by atoms with Crippen LogP contribution in [0.2, 0.25) is 0 Å². The largest absolute Gasteiger partial charge is 0.313 e. The SMILES string of the molecule is c1ccc(C2(c3ccccn3)CNCC[N]2)nc1. The first-order valence-electron chi connectivity index (χ1n) is 6.14. The topological polar surface area (TPSA) is 51.9 Å². The van der Waals surface area contributed by atoms with Crippen LogP contribution in [-0.2, 0) is 5.54 Å². The Bertz CT molecular complexity index is 450. The Morgan fingerprint density at radius 2 is 1.61 bits per heavy atom. The second-order valence-electron chi connectivity index (χ2n) is 4.35. The van der Waals surface area contributed by atoms with Crippen molar-refractivity contribution in [2.75, 3.05) is 19.6 Å². The Kier molecular flexibility index (Phi) is 3.04. The minimum absolute atomic E-state index is 0.444. The zero-order valence-electron chi connectivity index (χ0n) is 10.1. The number of hydrogen-bond acceptors (Lipinski definition) is 3. The summed E-state index contributed by atoms with van der Waals surface area (Å²) in [4.78, 5) is 8.95. The van der Waals surface area contributed by atoms with Crippen molar-refractivity contribution in [2.24, 2.45) is 0 Å². The minimum atomic E-state index is -0.444. The zero-order valence-corrected chi connectivity index (χ0v) is 10.1. The normalized spacial score (nSPS) is 18.4. The summed E-state index contributed by atoms with van der Waals surface area (Å²) < 4.78 is 0. The van der Waals surface area contributed by atoms with Crippen LogP contribution in [0.15, 0.2) is 48.8 Å². The van der Waals surface area contributed by atoms with Crippen molar-refractivity contribution < 1.29 is 0 Å². The van der Waals surface area contributed by atoms with Crippen molar-refractivity contribution in [1.29, 1.82) is 0 Å². The van der Waals surface area contributed by atoms with Crippen LogP contribution in [0.25, 0.3) is 0 Å². The van der Waals surface area contributed by atoms with E-state index in [1.54, 1.807) is 0 Å². The Morgan fingerprint density at radius 1 is 0.944 bits per heavy atom. The van der Waals surface area contributed by atoms with Crippen LogP contribution in [0, 0.1) is 0 Å². The lowest BCUT2D eigenvalue weighted by Crippen LogP contribution is -2.54. The highest BCUT2D eigenvalue weighted by atomic mass is 15.1. The van der Waals surface area contributed by atoms with Crippen molar-refractivity contribution in [3.8, 4) is 0 Å². The summed E-state index contributed by atoms with van der Waals surface area (Å²) in [6, 6.07) is 11.9. The van der Waals surface area contributed by atoms with E-state index >= 15 is 0 Å². The highest BCUT2D eigenvalue weighted by Crippen LogP contribution is 2.28. The quantitative estimate of drug-likeness (QED) is 0.848. The van der Waals surface area contributed by atoms with Crippen molar-refractivity contribution in [3.05, 3.63) is 60.2 Å². The van der Waals surface area contributed by atoms with Crippen molar-refractivity contribution in [1.82, 2.24) is 20.6 Å². The van der Waals surface area contributed by atoms with Crippen molar-refractivity contribution in [3.63, 3.8) is 0 Å². The molecule has 2 aromatic heterocycles. The molecule has 1 aliphatic rings. The van der Waals surface area contributed by atoms with Crippen molar-refractivity contribution >= 4 is 0 Å². The molecule has 2 aromatic rings. The molecule has 0 atom stereocenters. The van der Waals surface area contributed by atoms with Gasteiger partial charge in [0.15, 0.2) is 0 Å². The minimum Gasteiger partial charge on any atom is -0.313 e. The molecule has 91 valence electrons. The summed E-state index contributed by atoms with van der Waals surface area (Å²) in [5.74, 6) is 0. The molecule has 0 bridgehead atoms. The molecule has 3 rings (SSSR count). The van der Waals surface area contributed by atoms with Gasteiger partial charge in [-0.2, -0.15) is 0 Å². The monoisotopic (exact) mass is 239 g/mol. The lowest BCUT2D eigenvalue weighted by Gasteiger charge is -2.36. The maximum atomic E-state index is 4.81. The van der Waals surface area contributed by atoms with Crippen molar-refractivity contribution in [2.45, 2.75) is 5.54 Å². The molecule has 1 aliphatic heterocycles. The van der Waals surface area contributed by atoms with E-state index in [1.807, 2.05) is 48.8 Å². The maximum Gasteiger partial charge on any atom is 0.132 e. The molecule has 1 radical (unpaired) electrons. The van der Waals surface area contributed by atoms with Gasteiger partial charge in [0.05, 0.1) is 11.4 Å². The molecule has 0 aliphatic carbocycles. The van der Waals surface area contributed by atoms with Crippen LogP contribution in [0.1, 0.15) is 11.4 Å². The number of rotatable bonds is 2. The molecule has 0 aromatic carbocycles. The first-order chi connectivity index (χ1) is 8.92. The fourth-order valence-electron chi connectivity index (χ4n) is 2.34. The summed E-state index contributed by atoms with van der Waals surface area (Å²) in [5, 5.41) is 8.21. The van der Waals surface area contributed by atoms with Gasteiger partial charge in [-0.1, -0.05) is 12.1 Å². The zero-order chi connectivity index (χ0) is 12.3. The van der Waals surface area contributed by atoms with Gasteiger partial charge in [0, 0.05) is 32.0 Å². The average molecular weight is 239 g/mol. The molecule has 4 heteroatoms. The predicted molar refractivity (Wildman–Crippen MR) is 69.1 cm³/mol. The van der Waals surface area contributed by atoms with Crippen LogP contribution in [0.3, 0.4) is 0 Å². The van der Waals surface area contributed by atoms with Crippen LogP contribution in [0.4, 0.5) is 0 Å². The first kappa shape index (κ1) is 11.3. The molecule has 3 heterocycles. The van der Waals surface area contributed by atoms with Gasteiger partial charge in [-0.05, 0) is 24.3 Å². The van der Waals surface area contributed by atoms with E-state index in [0.29, 0.717) is 0 Å². The lowest BCUT2D eigenvalue weighted by molar-refractivity contribution is 0.307. The molecule has 0 amide bonds. The third-order valence-electron chi connectivity index (χ3n) is 3.23. The third kappa shape index (κ3) is 1.89. The fraction of sp³-hybridized carbons (Fsp3) is 0.286. The number of pyridine rings is 2. The number of nitrogens with zero attached hydrogens (tertiary/aromatic N) is 3. The van der Waals surface area contributed by atoms with E-state index in [0.717, 1.165) is 31.0 Å². The first-order valence-corrected chi connectivity index (χ1v) is 6.14. The Hall–Kier alpha value is -1.78. The summed E-state index contributed by atoms with van der Waals surface area (Å²) in [7, 11) is 0. The van der Waals surface area contributed by atoms with E-state index in [9.17, 15) is 0 Å². The molecule has 0 unspecified atom stereocenters. The standard InChI is InChI=1S/C14H15N4/c1-3-7-16-12(5-1)14(11-15-9-10-18-14)13-6-2-4-8-17-13/h1-8,15H,9-11H2. The van der Waals surface area contributed by atoms with Gasteiger partial charge in [0.25, 0.3) is 0 Å². The molecule has 18 heavy (non-hydrogen) atoms. The molecule has 1 fully saturated rings. The van der Waals surface area contributed by atoms with E-state index in [2.05, 4.69) is 15.3 Å². The summed E-state index contributed by atoms with van der Waals surface area (Å²) in [6.45, 7) is 2.45. The van der Waals surface area contributed by atoms with Gasteiger partial charge in [0.1, 0.15) is 5.54 Å². The third-order valence-corrected chi connectivity index (χ3v) is 3.23. The Morgan fingerprint density at radius 3 is 2.06 bits per heavy atom. The number of hydrogen-bond donors (Lipinski definition) is 1.